The molecule has 1 aromatic heterocycles. The Labute approximate surface area is 158 Å². The molecule has 0 aliphatic heterocycles. The largest absolute Gasteiger partial charge is 0.344 e. The van der Waals surface area contributed by atoms with Gasteiger partial charge in [-0.3, -0.25) is 19.5 Å². The molecular weight excluding hydrogens is 344 g/mol. The smallest absolute Gasteiger partial charge is 0.274 e. The third-order valence-electron chi connectivity index (χ3n) is 4.83. The molecule has 0 spiro atoms. The molecule has 3 N–H and O–H groups in total. The molecule has 1 aliphatic rings. The summed E-state index contributed by atoms with van der Waals surface area (Å²) in [5, 5.41) is 16.4. The SMILES string of the molecule is Cc1cc(C(=O)NC2CCCc3cc(C(=O)NO)ccc32)n(C(C)(C)C)n1. The van der Waals surface area contributed by atoms with E-state index in [0.29, 0.717) is 11.3 Å². The average molecular weight is 370 g/mol. The number of aryl methyl sites for hydroxylation is 2. The van der Waals surface area contributed by atoms with Crippen molar-refractivity contribution in [1.82, 2.24) is 20.6 Å². The highest BCUT2D eigenvalue weighted by Crippen LogP contribution is 2.31. The van der Waals surface area contributed by atoms with Crippen molar-refractivity contribution >= 4 is 11.8 Å². The highest BCUT2D eigenvalue weighted by molar-refractivity contribution is 5.94. The molecule has 0 fully saturated rings. The van der Waals surface area contributed by atoms with Crippen LogP contribution in [0.1, 0.15) is 77.3 Å². The molecule has 1 unspecified atom stereocenters. The summed E-state index contributed by atoms with van der Waals surface area (Å²) in [5.41, 5.74) is 5.16. The van der Waals surface area contributed by atoms with E-state index in [4.69, 9.17) is 5.21 Å². The van der Waals surface area contributed by atoms with Crippen molar-refractivity contribution in [3.8, 4) is 0 Å². The summed E-state index contributed by atoms with van der Waals surface area (Å²) in [6.07, 6.45) is 2.60. The second-order valence-electron chi connectivity index (χ2n) is 8.03. The molecule has 7 nitrogen and oxygen atoms in total. The first-order valence-electron chi connectivity index (χ1n) is 9.16. The van der Waals surface area contributed by atoms with Gasteiger partial charge in [0, 0.05) is 5.56 Å². The number of amides is 2. The zero-order chi connectivity index (χ0) is 19.8. The van der Waals surface area contributed by atoms with Gasteiger partial charge in [-0.05, 0) is 76.3 Å². The van der Waals surface area contributed by atoms with Crippen LogP contribution in [0.2, 0.25) is 0 Å². The maximum atomic E-state index is 13.0. The molecule has 7 heteroatoms. The summed E-state index contributed by atoms with van der Waals surface area (Å²) < 4.78 is 1.76. The molecule has 0 saturated heterocycles. The van der Waals surface area contributed by atoms with Crippen LogP contribution in [0.25, 0.3) is 0 Å². The minimum atomic E-state index is -0.534. The lowest BCUT2D eigenvalue weighted by Gasteiger charge is -2.28. The Morgan fingerprint density at radius 2 is 1.96 bits per heavy atom. The first kappa shape index (κ1) is 19.1. The standard InChI is InChI=1S/C20H26N4O3/c1-12-10-17(24(22-12)20(2,3)4)19(26)21-16-7-5-6-13-11-14(18(25)23-27)8-9-15(13)16/h8-11,16,27H,5-7H2,1-4H3,(H,21,26)(H,23,25). The van der Waals surface area contributed by atoms with Crippen LogP contribution in [0.15, 0.2) is 24.3 Å². The van der Waals surface area contributed by atoms with Crippen LogP contribution in [0.4, 0.5) is 0 Å². The number of aromatic nitrogens is 2. The van der Waals surface area contributed by atoms with Crippen LogP contribution in [0, 0.1) is 6.92 Å². The molecule has 1 atom stereocenters. The summed E-state index contributed by atoms with van der Waals surface area (Å²) >= 11 is 0. The van der Waals surface area contributed by atoms with Crippen molar-refractivity contribution < 1.29 is 14.8 Å². The second kappa shape index (κ2) is 7.15. The quantitative estimate of drug-likeness (QED) is 0.572. The predicted molar refractivity (Wildman–Crippen MR) is 101 cm³/mol. The first-order chi connectivity index (χ1) is 12.7. The summed E-state index contributed by atoms with van der Waals surface area (Å²) in [4.78, 5) is 24.6. The monoisotopic (exact) mass is 370 g/mol. The predicted octanol–water partition coefficient (Wildman–Crippen LogP) is 2.87. The van der Waals surface area contributed by atoms with Gasteiger partial charge in [-0.2, -0.15) is 5.10 Å². The van der Waals surface area contributed by atoms with E-state index in [1.807, 2.05) is 33.8 Å². The number of fused-ring (bicyclic) bond motifs is 1. The minimum absolute atomic E-state index is 0.115. The maximum Gasteiger partial charge on any atom is 0.274 e. The molecule has 0 radical (unpaired) electrons. The Balaban J connectivity index is 1.86. The van der Waals surface area contributed by atoms with Gasteiger partial charge in [0.15, 0.2) is 0 Å². The number of hydrogen-bond donors (Lipinski definition) is 3. The lowest BCUT2D eigenvalue weighted by Crippen LogP contribution is -2.35. The third-order valence-corrected chi connectivity index (χ3v) is 4.83. The molecule has 1 aromatic carbocycles. The fourth-order valence-corrected chi connectivity index (χ4v) is 3.57. The van der Waals surface area contributed by atoms with E-state index in [1.54, 1.807) is 28.4 Å². The molecule has 1 aliphatic carbocycles. The molecule has 3 rings (SSSR count). The highest BCUT2D eigenvalue weighted by atomic mass is 16.5. The summed E-state index contributed by atoms with van der Waals surface area (Å²) in [6.45, 7) is 7.92. The van der Waals surface area contributed by atoms with Gasteiger partial charge in [0.25, 0.3) is 11.8 Å². The minimum Gasteiger partial charge on any atom is -0.344 e. The molecule has 144 valence electrons. The number of benzene rings is 1. The van der Waals surface area contributed by atoms with E-state index in [-0.39, 0.29) is 17.5 Å². The molecule has 0 saturated carbocycles. The van der Waals surface area contributed by atoms with Crippen molar-refractivity contribution in [2.24, 2.45) is 0 Å². The summed E-state index contributed by atoms with van der Waals surface area (Å²) in [5.74, 6) is -0.686. The lowest BCUT2D eigenvalue weighted by molar-refractivity contribution is 0.0706. The fraction of sp³-hybridized carbons (Fsp3) is 0.450. The zero-order valence-electron chi connectivity index (χ0n) is 16.2. The Bertz CT molecular complexity index is 880. The average Bonchev–Trinajstić information content (AvgIpc) is 3.03. The van der Waals surface area contributed by atoms with Crippen molar-refractivity contribution in [2.45, 2.75) is 58.5 Å². The zero-order valence-corrected chi connectivity index (χ0v) is 16.2. The Kier molecular flexibility index (Phi) is 5.06. The summed E-state index contributed by atoms with van der Waals surface area (Å²) in [7, 11) is 0. The second-order valence-corrected chi connectivity index (χ2v) is 8.03. The number of hydrogen-bond acceptors (Lipinski definition) is 4. The molecule has 2 amide bonds. The van der Waals surface area contributed by atoms with E-state index in [9.17, 15) is 9.59 Å². The highest BCUT2D eigenvalue weighted by Gasteiger charge is 2.27. The molecule has 2 aromatic rings. The Morgan fingerprint density at radius 3 is 2.63 bits per heavy atom. The molecule has 27 heavy (non-hydrogen) atoms. The summed E-state index contributed by atoms with van der Waals surface area (Å²) in [6, 6.07) is 6.99. The van der Waals surface area contributed by atoms with Gasteiger partial charge in [-0.1, -0.05) is 6.07 Å². The van der Waals surface area contributed by atoms with Gasteiger partial charge >= 0.3 is 0 Å². The molecule has 1 heterocycles. The third kappa shape index (κ3) is 3.88. The van der Waals surface area contributed by atoms with Gasteiger partial charge in [-0.25, -0.2) is 5.48 Å². The van der Waals surface area contributed by atoms with Crippen molar-refractivity contribution in [3.63, 3.8) is 0 Å². The van der Waals surface area contributed by atoms with Crippen LogP contribution in [-0.4, -0.2) is 26.8 Å². The van der Waals surface area contributed by atoms with Crippen molar-refractivity contribution in [1.29, 1.82) is 0 Å². The van der Waals surface area contributed by atoms with E-state index in [1.165, 1.54) is 0 Å². The normalized spacial score (nSPS) is 16.6. The van der Waals surface area contributed by atoms with Gasteiger partial charge < -0.3 is 5.32 Å². The number of nitrogens with zero attached hydrogens (tertiary/aromatic N) is 2. The van der Waals surface area contributed by atoms with E-state index in [2.05, 4.69) is 10.4 Å². The van der Waals surface area contributed by atoms with E-state index < -0.39 is 5.91 Å². The number of carbonyl (C=O) groups is 2. The van der Waals surface area contributed by atoms with Crippen LogP contribution in [0.5, 0.6) is 0 Å². The van der Waals surface area contributed by atoms with Gasteiger partial charge in [-0.15, -0.1) is 0 Å². The van der Waals surface area contributed by atoms with Crippen molar-refractivity contribution in [3.05, 3.63) is 52.3 Å². The van der Waals surface area contributed by atoms with Crippen LogP contribution < -0.4 is 10.8 Å². The fourth-order valence-electron chi connectivity index (χ4n) is 3.57. The van der Waals surface area contributed by atoms with E-state index >= 15 is 0 Å². The molecule has 0 bridgehead atoms. The lowest BCUT2D eigenvalue weighted by atomic mass is 9.86. The number of nitrogens with one attached hydrogen (secondary N) is 2. The van der Waals surface area contributed by atoms with Crippen LogP contribution >= 0.6 is 0 Å². The van der Waals surface area contributed by atoms with Gasteiger partial charge in [0.2, 0.25) is 0 Å². The Hall–Kier alpha value is -2.67. The van der Waals surface area contributed by atoms with Crippen molar-refractivity contribution in [2.75, 3.05) is 0 Å². The van der Waals surface area contributed by atoms with Crippen LogP contribution in [-0.2, 0) is 12.0 Å². The first-order valence-corrected chi connectivity index (χ1v) is 9.16. The van der Waals surface area contributed by atoms with Gasteiger partial charge in [0.05, 0.1) is 17.3 Å². The Morgan fingerprint density at radius 1 is 1.22 bits per heavy atom. The van der Waals surface area contributed by atoms with E-state index in [0.717, 1.165) is 36.1 Å². The number of carbonyl (C=O) groups excluding carboxylic acids is 2. The number of rotatable bonds is 3. The van der Waals surface area contributed by atoms with Crippen LogP contribution in [0.3, 0.4) is 0 Å². The topological polar surface area (TPSA) is 96.3 Å². The van der Waals surface area contributed by atoms with Gasteiger partial charge in [0.1, 0.15) is 5.69 Å². The maximum absolute atomic E-state index is 13.0. The number of hydroxylamine groups is 1. The molecular formula is C20H26N4O3.